The van der Waals surface area contributed by atoms with Crippen LogP contribution < -0.4 is 0 Å². The van der Waals surface area contributed by atoms with Gasteiger partial charge >= 0.3 is 0 Å². The van der Waals surface area contributed by atoms with Crippen LogP contribution in [0.5, 0.6) is 0 Å². The molecule has 0 aliphatic carbocycles. The predicted molar refractivity (Wildman–Crippen MR) is 54.8 cm³/mol. The summed E-state index contributed by atoms with van der Waals surface area (Å²) in [5.74, 6) is 6.66. The van der Waals surface area contributed by atoms with Gasteiger partial charge in [-0.05, 0) is 6.42 Å². The largest absolute Gasteiger partial charge is 0.274 e. The van der Waals surface area contributed by atoms with Crippen molar-refractivity contribution in [3.8, 4) is 11.8 Å². The smallest absolute Gasteiger partial charge is 0.0778 e. The molecule has 0 amide bonds. The van der Waals surface area contributed by atoms with E-state index in [1.165, 1.54) is 0 Å². The van der Waals surface area contributed by atoms with Crippen molar-refractivity contribution in [2.24, 2.45) is 7.05 Å². The molecule has 2 nitrogen and oxygen atoms in total. The maximum atomic E-state index is 5.52. The molecule has 0 bridgehead atoms. The first-order valence-electron chi connectivity index (χ1n) is 4.35. The van der Waals surface area contributed by atoms with E-state index in [4.69, 9.17) is 11.6 Å². The highest BCUT2D eigenvalue weighted by Crippen LogP contribution is 2.04. The molecule has 0 saturated carbocycles. The topological polar surface area (TPSA) is 17.8 Å². The summed E-state index contributed by atoms with van der Waals surface area (Å²) >= 11 is 5.52. The second-order valence-corrected chi connectivity index (χ2v) is 3.14. The number of hydrogen-bond acceptors (Lipinski definition) is 1. The molecular weight excluding hydrogens is 184 g/mol. The van der Waals surface area contributed by atoms with E-state index in [-0.39, 0.29) is 0 Å². The maximum Gasteiger partial charge on any atom is 0.0778 e. The van der Waals surface area contributed by atoms with Crippen molar-refractivity contribution in [3.63, 3.8) is 0 Å². The summed E-state index contributed by atoms with van der Waals surface area (Å²) in [4.78, 5) is 0. The van der Waals surface area contributed by atoms with Crippen LogP contribution in [0.1, 0.15) is 24.6 Å². The van der Waals surface area contributed by atoms with Crippen LogP contribution in [0.25, 0.3) is 0 Å². The molecule has 0 radical (unpaired) electrons. The Balaban J connectivity index is 2.82. The van der Waals surface area contributed by atoms with Crippen molar-refractivity contribution in [1.29, 1.82) is 0 Å². The minimum atomic E-state index is 0.592. The van der Waals surface area contributed by atoms with Gasteiger partial charge in [0.15, 0.2) is 0 Å². The second kappa shape index (κ2) is 4.94. The Labute approximate surface area is 83.9 Å². The van der Waals surface area contributed by atoms with Crippen molar-refractivity contribution < 1.29 is 0 Å². The lowest BCUT2D eigenvalue weighted by Crippen LogP contribution is -1.89. The summed E-state index contributed by atoms with van der Waals surface area (Å²) in [6.45, 7) is 2.08. The minimum Gasteiger partial charge on any atom is -0.274 e. The third-order valence-corrected chi connectivity index (χ3v) is 1.87. The molecule has 1 aromatic rings. The lowest BCUT2D eigenvalue weighted by molar-refractivity contribution is 0.746. The highest BCUT2D eigenvalue weighted by atomic mass is 35.5. The lowest BCUT2D eigenvalue weighted by atomic mass is 10.2. The summed E-state index contributed by atoms with van der Waals surface area (Å²) in [7, 11) is 1.91. The first-order valence-corrected chi connectivity index (χ1v) is 4.88. The highest BCUT2D eigenvalue weighted by Gasteiger charge is 2.01. The molecule has 0 fully saturated rings. The third kappa shape index (κ3) is 2.78. The monoisotopic (exact) mass is 196 g/mol. The fourth-order valence-corrected chi connectivity index (χ4v) is 1.20. The van der Waals surface area contributed by atoms with E-state index in [0.717, 1.165) is 24.1 Å². The van der Waals surface area contributed by atoms with Crippen LogP contribution in [0.4, 0.5) is 0 Å². The first kappa shape index (κ1) is 10.1. The van der Waals surface area contributed by atoms with E-state index < -0.39 is 0 Å². The van der Waals surface area contributed by atoms with Gasteiger partial charge in [0.2, 0.25) is 0 Å². The van der Waals surface area contributed by atoms with Crippen LogP contribution in [-0.4, -0.2) is 15.7 Å². The van der Waals surface area contributed by atoms with Gasteiger partial charge in [0, 0.05) is 25.5 Å². The molecule has 0 saturated heterocycles. The Morgan fingerprint density at radius 1 is 1.62 bits per heavy atom. The van der Waals surface area contributed by atoms with Crippen LogP contribution >= 0.6 is 11.6 Å². The van der Waals surface area contributed by atoms with Crippen molar-refractivity contribution in [1.82, 2.24) is 9.78 Å². The lowest BCUT2D eigenvalue weighted by Gasteiger charge is -1.87. The molecule has 0 aliphatic heterocycles. The van der Waals surface area contributed by atoms with Gasteiger partial charge in [0.25, 0.3) is 0 Å². The van der Waals surface area contributed by atoms with E-state index in [0.29, 0.717) is 5.88 Å². The van der Waals surface area contributed by atoms with Crippen LogP contribution in [0.2, 0.25) is 0 Å². The van der Waals surface area contributed by atoms with Gasteiger partial charge in [-0.15, -0.1) is 11.6 Å². The molecule has 0 atom stereocenters. The quantitative estimate of drug-likeness (QED) is 0.523. The fraction of sp³-hybridized carbons (Fsp3) is 0.500. The number of halogens is 1. The summed E-state index contributed by atoms with van der Waals surface area (Å²) in [5, 5.41) is 4.29. The van der Waals surface area contributed by atoms with E-state index in [9.17, 15) is 0 Å². The number of nitrogens with zero attached hydrogens (tertiary/aromatic N) is 2. The molecule has 3 heteroatoms. The molecular formula is C10H13ClN2. The highest BCUT2D eigenvalue weighted by molar-refractivity contribution is 6.18. The Morgan fingerprint density at radius 2 is 2.38 bits per heavy atom. The van der Waals surface area contributed by atoms with Crippen molar-refractivity contribution in [2.45, 2.75) is 19.8 Å². The van der Waals surface area contributed by atoms with E-state index in [1.54, 1.807) is 4.68 Å². The zero-order valence-corrected chi connectivity index (χ0v) is 8.73. The van der Waals surface area contributed by atoms with Crippen LogP contribution in [0.15, 0.2) is 6.20 Å². The molecule has 1 heterocycles. The summed E-state index contributed by atoms with van der Waals surface area (Å²) in [5.41, 5.74) is 2.08. The Hall–Kier alpha value is -0.940. The molecule has 0 aromatic carbocycles. The standard InChI is InChI=1S/C10H13ClN2/c1-3-10-9(6-4-5-7-11)8-13(2)12-10/h8H,3,5,7H2,1-2H3. The Kier molecular flexibility index (Phi) is 3.85. The molecule has 0 aliphatic rings. The number of aryl methyl sites for hydroxylation is 2. The average molecular weight is 197 g/mol. The average Bonchev–Trinajstić information content (AvgIpc) is 2.47. The summed E-state index contributed by atoms with van der Waals surface area (Å²) < 4.78 is 1.80. The Morgan fingerprint density at radius 3 is 3.00 bits per heavy atom. The zero-order valence-electron chi connectivity index (χ0n) is 7.97. The van der Waals surface area contributed by atoms with E-state index in [1.807, 2.05) is 13.2 Å². The summed E-state index contributed by atoms with van der Waals surface area (Å²) in [6.07, 6.45) is 3.60. The second-order valence-electron chi connectivity index (χ2n) is 2.76. The molecule has 0 spiro atoms. The first-order chi connectivity index (χ1) is 6.27. The normalized spacial score (nSPS) is 9.46. The molecule has 13 heavy (non-hydrogen) atoms. The minimum absolute atomic E-state index is 0.592. The van der Waals surface area contributed by atoms with Gasteiger partial charge in [-0.3, -0.25) is 4.68 Å². The van der Waals surface area contributed by atoms with E-state index >= 15 is 0 Å². The van der Waals surface area contributed by atoms with Crippen molar-refractivity contribution in [2.75, 3.05) is 5.88 Å². The maximum absolute atomic E-state index is 5.52. The van der Waals surface area contributed by atoms with Gasteiger partial charge in [0.05, 0.1) is 11.3 Å². The van der Waals surface area contributed by atoms with Gasteiger partial charge in [-0.25, -0.2) is 0 Å². The fourth-order valence-electron chi connectivity index (χ4n) is 1.11. The van der Waals surface area contributed by atoms with E-state index in [2.05, 4.69) is 23.9 Å². The molecule has 70 valence electrons. The van der Waals surface area contributed by atoms with Gasteiger partial charge in [-0.1, -0.05) is 18.8 Å². The van der Waals surface area contributed by atoms with Crippen LogP contribution in [-0.2, 0) is 13.5 Å². The molecule has 0 N–H and O–H groups in total. The SMILES string of the molecule is CCc1nn(C)cc1C#CCCCl. The molecule has 1 rings (SSSR count). The van der Waals surface area contributed by atoms with Gasteiger partial charge in [0.1, 0.15) is 0 Å². The van der Waals surface area contributed by atoms with Crippen molar-refractivity contribution in [3.05, 3.63) is 17.5 Å². The summed E-state index contributed by atoms with van der Waals surface area (Å²) in [6, 6.07) is 0. The molecule has 1 aromatic heterocycles. The molecule has 0 unspecified atom stereocenters. The number of alkyl halides is 1. The third-order valence-electron chi connectivity index (χ3n) is 1.68. The predicted octanol–water partition coefficient (Wildman–Crippen LogP) is 1.96. The van der Waals surface area contributed by atoms with Gasteiger partial charge in [-0.2, -0.15) is 5.10 Å². The Bertz CT molecular complexity index is 330. The number of hydrogen-bond donors (Lipinski definition) is 0. The number of rotatable bonds is 2. The van der Waals surface area contributed by atoms with Crippen molar-refractivity contribution >= 4 is 11.6 Å². The van der Waals surface area contributed by atoms with Crippen LogP contribution in [0, 0.1) is 11.8 Å². The zero-order chi connectivity index (χ0) is 9.68. The van der Waals surface area contributed by atoms with Gasteiger partial charge < -0.3 is 0 Å². The number of aromatic nitrogens is 2. The van der Waals surface area contributed by atoms with Crippen LogP contribution in [0.3, 0.4) is 0 Å².